The molecule has 1 aliphatic carbocycles. The molecule has 0 radical (unpaired) electrons. The zero-order chi connectivity index (χ0) is 12.4. The molecule has 1 saturated carbocycles. The Morgan fingerprint density at radius 3 is 2.82 bits per heavy atom. The third-order valence-corrected chi connectivity index (χ3v) is 2.91. The van der Waals surface area contributed by atoms with Crippen LogP contribution in [0.15, 0.2) is 24.8 Å². The fourth-order valence-corrected chi connectivity index (χ4v) is 1.89. The zero-order valence-electron chi connectivity index (χ0n) is 9.89. The molecule has 4 nitrogen and oxygen atoms in total. The Morgan fingerprint density at radius 2 is 2.35 bits per heavy atom. The van der Waals surface area contributed by atoms with E-state index in [1.807, 2.05) is 6.08 Å². The van der Waals surface area contributed by atoms with Gasteiger partial charge in [-0.05, 0) is 31.9 Å². The highest BCUT2D eigenvalue weighted by molar-refractivity contribution is 5.89. The van der Waals surface area contributed by atoms with Crippen molar-refractivity contribution in [1.29, 1.82) is 0 Å². The van der Waals surface area contributed by atoms with Crippen LogP contribution in [-0.2, 0) is 0 Å². The Bertz CT molecular complexity index is 453. The summed E-state index contributed by atoms with van der Waals surface area (Å²) in [5, 5.41) is 8.95. The molecule has 90 valence electrons. The van der Waals surface area contributed by atoms with Gasteiger partial charge in [-0.15, -0.1) is 6.58 Å². The van der Waals surface area contributed by atoms with Gasteiger partial charge in [0.05, 0.1) is 11.3 Å². The molecule has 4 heteroatoms. The second-order valence-corrected chi connectivity index (χ2v) is 4.28. The van der Waals surface area contributed by atoms with E-state index in [1.165, 1.54) is 12.8 Å². The highest BCUT2D eigenvalue weighted by atomic mass is 16.4. The predicted octanol–water partition coefficient (Wildman–Crippen LogP) is 2.24. The van der Waals surface area contributed by atoms with Crippen LogP contribution in [0.1, 0.15) is 28.9 Å². The van der Waals surface area contributed by atoms with Crippen molar-refractivity contribution in [1.82, 2.24) is 4.98 Å². The minimum absolute atomic E-state index is 0.267. The first-order chi connectivity index (χ1) is 8.13. The highest BCUT2D eigenvalue weighted by Gasteiger charge is 2.29. The van der Waals surface area contributed by atoms with Gasteiger partial charge < -0.3 is 10.0 Å². The van der Waals surface area contributed by atoms with E-state index in [0.29, 0.717) is 11.7 Å². The van der Waals surface area contributed by atoms with Gasteiger partial charge in [-0.3, -0.25) is 0 Å². The second-order valence-electron chi connectivity index (χ2n) is 4.28. The Labute approximate surface area is 101 Å². The molecule has 0 amide bonds. The summed E-state index contributed by atoms with van der Waals surface area (Å²) in [4.78, 5) is 17.4. The van der Waals surface area contributed by atoms with Crippen LogP contribution in [0.2, 0.25) is 0 Å². The van der Waals surface area contributed by atoms with Crippen LogP contribution in [-0.4, -0.2) is 28.6 Å². The second kappa shape index (κ2) is 4.57. The molecule has 0 aromatic carbocycles. The Hall–Kier alpha value is -1.84. The average molecular weight is 232 g/mol. The van der Waals surface area contributed by atoms with Gasteiger partial charge in [-0.25, -0.2) is 9.78 Å². The number of carboxylic acids is 1. The number of aryl methyl sites for hydroxylation is 1. The zero-order valence-corrected chi connectivity index (χ0v) is 9.89. The molecular weight excluding hydrogens is 216 g/mol. The highest BCUT2D eigenvalue weighted by Crippen LogP contribution is 2.30. The minimum atomic E-state index is -0.928. The molecule has 2 rings (SSSR count). The van der Waals surface area contributed by atoms with Gasteiger partial charge in [0.2, 0.25) is 0 Å². The van der Waals surface area contributed by atoms with Crippen molar-refractivity contribution in [2.75, 3.05) is 11.4 Å². The largest absolute Gasteiger partial charge is 0.478 e. The summed E-state index contributed by atoms with van der Waals surface area (Å²) < 4.78 is 0. The number of aromatic nitrogens is 1. The van der Waals surface area contributed by atoms with Gasteiger partial charge in [0.15, 0.2) is 0 Å². The molecule has 0 unspecified atom stereocenters. The number of hydrogen-bond acceptors (Lipinski definition) is 3. The molecule has 17 heavy (non-hydrogen) atoms. The number of carboxylic acid groups (broad SMARTS) is 1. The first-order valence-electron chi connectivity index (χ1n) is 5.72. The number of aromatic carboxylic acids is 1. The van der Waals surface area contributed by atoms with Crippen molar-refractivity contribution in [3.63, 3.8) is 0 Å². The molecule has 0 spiro atoms. The Morgan fingerprint density at radius 1 is 1.65 bits per heavy atom. The van der Waals surface area contributed by atoms with Crippen LogP contribution in [0.25, 0.3) is 0 Å². The first kappa shape index (κ1) is 11.6. The van der Waals surface area contributed by atoms with Crippen molar-refractivity contribution in [2.45, 2.75) is 25.8 Å². The lowest BCUT2D eigenvalue weighted by atomic mass is 10.2. The maximum Gasteiger partial charge on any atom is 0.337 e. The third-order valence-electron chi connectivity index (χ3n) is 2.91. The minimum Gasteiger partial charge on any atom is -0.478 e. The van der Waals surface area contributed by atoms with E-state index in [0.717, 1.165) is 12.4 Å². The normalized spacial score (nSPS) is 14.4. The molecule has 1 aliphatic rings. The maximum absolute atomic E-state index is 10.9. The first-order valence-corrected chi connectivity index (χ1v) is 5.72. The molecule has 0 bridgehead atoms. The number of carbonyl (C=O) groups is 1. The quantitative estimate of drug-likeness (QED) is 0.791. The molecular formula is C13H16N2O2. The van der Waals surface area contributed by atoms with Gasteiger partial charge in [0, 0.05) is 12.6 Å². The average Bonchev–Trinajstić information content (AvgIpc) is 3.09. The standard InChI is InChI=1S/C13H16N2O2/c1-3-8-15(10-4-5-10)12-7-6-11(13(16)17)9(2)14-12/h3,6-7,10H,1,4-5,8H2,2H3,(H,16,17). The van der Waals surface area contributed by atoms with Crippen LogP contribution < -0.4 is 4.90 Å². The summed E-state index contributed by atoms with van der Waals surface area (Å²) in [6.45, 7) is 6.22. The van der Waals surface area contributed by atoms with Crippen molar-refractivity contribution in [2.24, 2.45) is 0 Å². The molecule has 1 heterocycles. The van der Waals surface area contributed by atoms with Crippen molar-refractivity contribution in [3.8, 4) is 0 Å². The Kier molecular flexibility index (Phi) is 3.13. The summed E-state index contributed by atoms with van der Waals surface area (Å²) in [5.41, 5.74) is 0.827. The van der Waals surface area contributed by atoms with Gasteiger partial charge in [-0.2, -0.15) is 0 Å². The number of nitrogens with zero attached hydrogens (tertiary/aromatic N) is 2. The SMILES string of the molecule is C=CCN(c1ccc(C(=O)O)c(C)n1)C1CC1. The summed E-state index contributed by atoms with van der Waals surface area (Å²) >= 11 is 0. The van der Waals surface area contributed by atoms with Crippen LogP contribution in [0, 0.1) is 6.92 Å². The molecule has 0 atom stereocenters. The maximum atomic E-state index is 10.9. The van der Waals surface area contributed by atoms with Crippen molar-refractivity contribution in [3.05, 3.63) is 36.0 Å². The monoisotopic (exact) mass is 232 g/mol. The van der Waals surface area contributed by atoms with Crippen LogP contribution >= 0.6 is 0 Å². The van der Waals surface area contributed by atoms with E-state index < -0.39 is 5.97 Å². The summed E-state index contributed by atoms with van der Waals surface area (Å²) in [5.74, 6) is -0.0851. The molecule has 1 aromatic rings. The van der Waals surface area contributed by atoms with Crippen LogP contribution in [0.4, 0.5) is 5.82 Å². The van der Waals surface area contributed by atoms with Crippen LogP contribution in [0.3, 0.4) is 0 Å². The number of hydrogen-bond donors (Lipinski definition) is 1. The van der Waals surface area contributed by atoms with Gasteiger partial charge >= 0.3 is 5.97 Å². The van der Waals surface area contributed by atoms with E-state index in [4.69, 9.17) is 5.11 Å². The molecule has 1 N–H and O–H groups in total. The lowest BCUT2D eigenvalue weighted by Crippen LogP contribution is -2.26. The Balaban J connectivity index is 2.28. The van der Waals surface area contributed by atoms with Gasteiger partial charge in [-0.1, -0.05) is 6.08 Å². The van der Waals surface area contributed by atoms with Gasteiger partial charge in [0.25, 0.3) is 0 Å². The fraction of sp³-hybridized carbons (Fsp3) is 0.385. The molecule has 0 aliphatic heterocycles. The molecule has 1 fully saturated rings. The number of rotatable bonds is 5. The van der Waals surface area contributed by atoms with E-state index in [1.54, 1.807) is 19.1 Å². The van der Waals surface area contributed by atoms with Gasteiger partial charge in [0.1, 0.15) is 5.82 Å². The fourth-order valence-electron chi connectivity index (χ4n) is 1.89. The lowest BCUT2D eigenvalue weighted by molar-refractivity contribution is 0.0695. The van der Waals surface area contributed by atoms with Crippen molar-refractivity contribution < 1.29 is 9.90 Å². The lowest BCUT2D eigenvalue weighted by Gasteiger charge is -2.22. The number of anilines is 1. The molecule has 0 saturated heterocycles. The smallest absolute Gasteiger partial charge is 0.337 e. The third kappa shape index (κ3) is 2.46. The van der Waals surface area contributed by atoms with E-state index >= 15 is 0 Å². The topological polar surface area (TPSA) is 53.4 Å². The summed E-state index contributed by atoms with van der Waals surface area (Å²) in [6, 6.07) is 3.94. The summed E-state index contributed by atoms with van der Waals surface area (Å²) in [6.07, 6.45) is 4.20. The number of pyridine rings is 1. The summed E-state index contributed by atoms with van der Waals surface area (Å²) in [7, 11) is 0. The van der Waals surface area contributed by atoms with Crippen molar-refractivity contribution >= 4 is 11.8 Å². The van der Waals surface area contributed by atoms with E-state index in [9.17, 15) is 4.79 Å². The predicted molar refractivity (Wildman–Crippen MR) is 66.5 cm³/mol. The molecule has 1 aromatic heterocycles. The van der Waals surface area contributed by atoms with Crippen LogP contribution in [0.5, 0.6) is 0 Å². The van der Waals surface area contributed by atoms with E-state index in [-0.39, 0.29) is 5.56 Å². The van der Waals surface area contributed by atoms with E-state index in [2.05, 4.69) is 16.5 Å².